The molecule has 102 valence electrons. The number of hydrogen-bond acceptors (Lipinski definition) is 2. The third kappa shape index (κ3) is 1.83. The predicted molar refractivity (Wildman–Crippen MR) is 72.5 cm³/mol. The van der Waals surface area contributed by atoms with E-state index in [1.165, 1.54) is 5.56 Å². The van der Waals surface area contributed by atoms with Gasteiger partial charge in [-0.05, 0) is 55.7 Å². The van der Waals surface area contributed by atoms with E-state index in [1.54, 1.807) is 6.07 Å². The maximum atomic E-state index is 11.9. The number of aromatic hydroxyl groups is 1. The van der Waals surface area contributed by atoms with Crippen LogP contribution in [0.2, 0.25) is 0 Å². The first-order valence-electron chi connectivity index (χ1n) is 7.23. The molecule has 0 spiro atoms. The Labute approximate surface area is 113 Å². The zero-order valence-corrected chi connectivity index (χ0v) is 11.1. The maximum absolute atomic E-state index is 11.9. The van der Waals surface area contributed by atoms with E-state index < -0.39 is 11.4 Å². The van der Waals surface area contributed by atoms with Crippen LogP contribution in [-0.2, 0) is 23.1 Å². The van der Waals surface area contributed by atoms with Gasteiger partial charge in [0.05, 0.1) is 5.41 Å². The molecular formula is C16H20O3. The molecule has 2 aliphatic carbocycles. The fourth-order valence-electron chi connectivity index (χ4n) is 3.90. The smallest absolute Gasteiger partial charge is 0.314 e. The molecule has 3 heteroatoms. The van der Waals surface area contributed by atoms with Crippen LogP contribution in [0, 0.1) is 0 Å². The maximum Gasteiger partial charge on any atom is 0.314 e. The number of hydrogen-bond donors (Lipinski definition) is 2. The average molecular weight is 260 g/mol. The lowest BCUT2D eigenvalue weighted by atomic mass is 9.72. The van der Waals surface area contributed by atoms with Gasteiger partial charge >= 0.3 is 5.97 Å². The molecule has 19 heavy (non-hydrogen) atoms. The van der Waals surface area contributed by atoms with E-state index in [0.29, 0.717) is 12.8 Å². The first kappa shape index (κ1) is 12.5. The normalized spacial score (nSPS) is 21.1. The first-order chi connectivity index (χ1) is 9.15. The fourth-order valence-corrected chi connectivity index (χ4v) is 3.90. The molecule has 0 unspecified atom stereocenters. The van der Waals surface area contributed by atoms with Crippen molar-refractivity contribution in [1.29, 1.82) is 0 Å². The van der Waals surface area contributed by atoms with Crippen LogP contribution < -0.4 is 0 Å². The molecule has 0 atom stereocenters. The molecule has 3 nitrogen and oxygen atoms in total. The lowest BCUT2D eigenvalue weighted by Crippen LogP contribution is -2.34. The molecule has 1 aromatic rings. The molecule has 2 aliphatic rings. The van der Waals surface area contributed by atoms with Crippen LogP contribution in [0.1, 0.15) is 55.2 Å². The highest BCUT2D eigenvalue weighted by molar-refractivity contribution is 5.84. The molecular weight excluding hydrogens is 240 g/mol. The lowest BCUT2D eigenvalue weighted by molar-refractivity contribution is -0.143. The van der Waals surface area contributed by atoms with Gasteiger partial charge in [-0.2, -0.15) is 0 Å². The molecule has 1 saturated carbocycles. The zero-order chi connectivity index (χ0) is 13.5. The lowest BCUT2D eigenvalue weighted by Gasteiger charge is -2.31. The minimum Gasteiger partial charge on any atom is -0.508 e. The standard InChI is InChI=1S/C16H20O3/c17-13-8-7-11-5-1-2-6-12(11)14(13)16(15(18)19)9-3-4-10-16/h7-8,17H,1-6,9-10H2,(H,18,19). The number of phenolic OH excluding ortho intramolecular Hbond substituents is 1. The summed E-state index contributed by atoms with van der Waals surface area (Å²) in [5, 5.41) is 20.0. The van der Waals surface area contributed by atoms with Gasteiger partial charge in [0.25, 0.3) is 0 Å². The Hall–Kier alpha value is -1.51. The van der Waals surface area contributed by atoms with Gasteiger partial charge in [-0.25, -0.2) is 0 Å². The molecule has 3 rings (SSSR count). The van der Waals surface area contributed by atoms with Crippen LogP contribution in [-0.4, -0.2) is 16.2 Å². The third-order valence-electron chi connectivity index (χ3n) is 4.86. The van der Waals surface area contributed by atoms with Gasteiger partial charge in [0.1, 0.15) is 5.75 Å². The molecule has 0 amide bonds. The Morgan fingerprint density at radius 3 is 2.42 bits per heavy atom. The van der Waals surface area contributed by atoms with E-state index in [1.807, 2.05) is 6.07 Å². The number of aliphatic carboxylic acids is 1. The van der Waals surface area contributed by atoms with Gasteiger partial charge in [-0.3, -0.25) is 4.79 Å². The van der Waals surface area contributed by atoms with Crippen molar-refractivity contribution in [2.45, 2.75) is 56.8 Å². The summed E-state index contributed by atoms with van der Waals surface area (Å²) in [5.74, 6) is -0.579. The molecule has 0 aliphatic heterocycles. The molecule has 0 saturated heterocycles. The summed E-state index contributed by atoms with van der Waals surface area (Å²) in [4.78, 5) is 11.9. The van der Waals surface area contributed by atoms with E-state index in [-0.39, 0.29) is 5.75 Å². The molecule has 0 heterocycles. The number of carbonyl (C=O) groups is 1. The Balaban J connectivity index is 2.20. The Morgan fingerprint density at radius 2 is 1.74 bits per heavy atom. The van der Waals surface area contributed by atoms with Crippen LogP contribution in [0.4, 0.5) is 0 Å². The van der Waals surface area contributed by atoms with E-state index in [2.05, 4.69) is 0 Å². The third-order valence-corrected chi connectivity index (χ3v) is 4.86. The summed E-state index contributed by atoms with van der Waals surface area (Å²) in [5.41, 5.74) is 2.25. The van der Waals surface area contributed by atoms with Crippen molar-refractivity contribution >= 4 is 5.97 Å². The number of fused-ring (bicyclic) bond motifs is 1. The van der Waals surface area contributed by atoms with Crippen molar-refractivity contribution in [3.8, 4) is 5.75 Å². The molecule has 0 aromatic heterocycles. The predicted octanol–water partition coefficient (Wildman–Crippen LogP) is 3.17. The van der Waals surface area contributed by atoms with Gasteiger partial charge in [-0.1, -0.05) is 18.9 Å². The summed E-state index contributed by atoms with van der Waals surface area (Å²) in [7, 11) is 0. The van der Waals surface area contributed by atoms with Gasteiger partial charge in [-0.15, -0.1) is 0 Å². The van der Waals surface area contributed by atoms with E-state index in [0.717, 1.165) is 49.7 Å². The molecule has 0 radical (unpaired) electrons. The largest absolute Gasteiger partial charge is 0.508 e. The Bertz CT molecular complexity index is 513. The van der Waals surface area contributed by atoms with Crippen molar-refractivity contribution in [1.82, 2.24) is 0 Å². The minimum absolute atomic E-state index is 0.185. The Kier molecular flexibility index (Phi) is 3.00. The average Bonchev–Trinajstić information content (AvgIpc) is 2.89. The second-order valence-corrected chi connectivity index (χ2v) is 5.90. The van der Waals surface area contributed by atoms with Crippen LogP contribution >= 0.6 is 0 Å². The molecule has 0 bridgehead atoms. The quantitative estimate of drug-likeness (QED) is 0.858. The summed E-state index contributed by atoms with van der Waals surface area (Å²) < 4.78 is 0. The summed E-state index contributed by atoms with van der Waals surface area (Å²) in [6.07, 6.45) is 7.38. The van der Waals surface area contributed by atoms with E-state index >= 15 is 0 Å². The van der Waals surface area contributed by atoms with Gasteiger partial charge in [0.2, 0.25) is 0 Å². The van der Waals surface area contributed by atoms with Crippen molar-refractivity contribution in [2.24, 2.45) is 0 Å². The van der Waals surface area contributed by atoms with E-state index in [9.17, 15) is 15.0 Å². The minimum atomic E-state index is -0.841. The Morgan fingerprint density at radius 1 is 1.05 bits per heavy atom. The number of phenols is 1. The van der Waals surface area contributed by atoms with Crippen LogP contribution in [0.15, 0.2) is 12.1 Å². The van der Waals surface area contributed by atoms with Crippen LogP contribution in [0.5, 0.6) is 5.75 Å². The molecule has 2 N–H and O–H groups in total. The summed E-state index contributed by atoms with van der Waals surface area (Å²) in [6.45, 7) is 0. The van der Waals surface area contributed by atoms with Crippen molar-refractivity contribution in [3.63, 3.8) is 0 Å². The number of rotatable bonds is 2. The molecule has 1 aromatic carbocycles. The van der Waals surface area contributed by atoms with Gasteiger partial charge in [0.15, 0.2) is 0 Å². The van der Waals surface area contributed by atoms with Crippen molar-refractivity contribution in [2.75, 3.05) is 0 Å². The zero-order valence-electron chi connectivity index (χ0n) is 11.1. The summed E-state index contributed by atoms with van der Waals surface area (Å²) in [6, 6.07) is 3.67. The van der Waals surface area contributed by atoms with Crippen LogP contribution in [0.3, 0.4) is 0 Å². The van der Waals surface area contributed by atoms with Crippen molar-refractivity contribution < 1.29 is 15.0 Å². The highest BCUT2D eigenvalue weighted by atomic mass is 16.4. The second-order valence-electron chi connectivity index (χ2n) is 5.90. The fraction of sp³-hybridized carbons (Fsp3) is 0.562. The highest BCUT2D eigenvalue weighted by Gasteiger charge is 2.46. The second kappa shape index (κ2) is 4.55. The summed E-state index contributed by atoms with van der Waals surface area (Å²) >= 11 is 0. The number of benzene rings is 1. The van der Waals surface area contributed by atoms with Crippen LogP contribution in [0.25, 0.3) is 0 Å². The number of carboxylic acid groups (broad SMARTS) is 1. The monoisotopic (exact) mass is 260 g/mol. The first-order valence-corrected chi connectivity index (χ1v) is 7.23. The SMILES string of the molecule is O=C(O)C1(c2c(O)ccc3c2CCCC3)CCCC1. The number of aryl methyl sites for hydroxylation is 1. The van der Waals surface area contributed by atoms with Gasteiger partial charge < -0.3 is 10.2 Å². The highest BCUT2D eigenvalue weighted by Crippen LogP contribution is 2.48. The van der Waals surface area contributed by atoms with E-state index in [4.69, 9.17) is 0 Å². The van der Waals surface area contributed by atoms with Crippen molar-refractivity contribution in [3.05, 3.63) is 28.8 Å². The number of carboxylic acids is 1. The molecule has 1 fully saturated rings. The topological polar surface area (TPSA) is 57.5 Å². The van der Waals surface area contributed by atoms with Gasteiger partial charge in [0, 0.05) is 5.56 Å².